The normalized spacial score (nSPS) is 22.1. The van der Waals surface area contributed by atoms with Crippen LogP contribution in [0.15, 0.2) is 60.8 Å². The molecule has 2 fully saturated rings. The Morgan fingerprint density at radius 1 is 1.00 bits per heavy atom. The van der Waals surface area contributed by atoms with Gasteiger partial charge >= 0.3 is 0 Å². The van der Waals surface area contributed by atoms with Crippen LogP contribution in [-0.4, -0.2) is 53.8 Å². The van der Waals surface area contributed by atoms with Gasteiger partial charge < -0.3 is 25.6 Å². The van der Waals surface area contributed by atoms with Crippen molar-refractivity contribution in [1.82, 2.24) is 15.3 Å². The summed E-state index contributed by atoms with van der Waals surface area (Å²) in [6, 6.07) is 17.8. The molecule has 3 aromatic rings. The van der Waals surface area contributed by atoms with Gasteiger partial charge in [0.25, 0.3) is 0 Å². The van der Waals surface area contributed by atoms with E-state index in [2.05, 4.69) is 56.8 Å². The highest BCUT2D eigenvalue weighted by Gasteiger charge is 2.23. The summed E-state index contributed by atoms with van der Waals surface area (Å²) < 4.78 is 5.84. The van der Waals surface area contributed by atoms with Crippen LogP contribution in [-0.2, 0) is 9.53 Å². The van der Waals surface area contributed by atoms with Gasteiger partial charge in [0.15, 0.2) is 0 Å². The molecular weight excluding hydrogens is 440 g/mol. The number of anilines is 4. The number of morpholine rings is 1. The van der Waals surface area contributed by atoms with Crippen molar-refractivity contribution >= 4 is 28.9 Å². The number of rotatable bonds is 6. The van der Waals surface area contributed by atoms with Gasteiger partial charge in [0, 0.05) is 41.9 Å². The number of hydrogen-bond acceptors (Lipinski definition) is 7. The maximum atomic E-state index is 12.3. The Hall–Kier alpha value is -3.49. The molecule has 2 aliphatic rings. The summed E-state index contributed by atoms with van der Waals surface area (Å²) in [7, 11) is 0. The van der Waals surface area contributed by atoms with Gasteiger partial charge in [-0.3, -0.25) is 4.79 Å². The molecule has 1 amide bonds. The van der Waals surface area contributed by atoms with Gasteiger partial charge in [-0.2, -0.15) is 0 Å². The van der Waals surface area contributed by atoms with Crippen LogP contribution in [0.3, 0.4) is 0 Å². The molecule has 8 nitrogen and oxygen atoms in total. The smallest absolute Gasteiger partial charge is 0.241 e. The largest absolute Gasteiger partial charge is 0.372 e. The molecule has 1 aromatic heterocycles. The first-order chi connectivity index (χ1) is 17.0. The minimum absolute atomic E-state index is 0.0208. The molecule has 0 aliphatic carbocycles. The van der Waals surface area contributed by atoms with Crippen LogP contribution >= 0.6 is 0 Å². The summed E-state index contributed by atoms with van der Waals surface area (Å²) >= 11 is 0. The number of amides is 1. The highest BCUT2D eigenvalue weighted by Crippen LogP contribution is 2.25. The standard InChI is InChI=1S/C27H32N6O2/c1-18-16-33(17-19(2)35-18)23-11-9-22(10-12-23)31-27-29-15-13-24(32-27)20-5-7-21(8-6-20)30-26(34)25-4-3-14-28-25/h5-13,15,18-19,25,28H,3-4,14,16-17H2,1-2H3,(H,30,34)(H,29,31,32)/t18?,19?,25-/m0/s1. The molecule has 2 aliphatic heterocycles. The van der Waals surface area contributed by atoms with E-state index in [1.54, 1.807) is 6.20 Å². The first kappa shape index (κ1) is 23.3. The number of benzene rings is 2. The summed E-state index contributed by atoms with van der Waals surface area (Å²) in [5, 5.41) is 9.50. The van der Waals surface area contributed by atoms with E-state index >= 15 is 0 Å². The van der Waals surface area contributed by atoms with Crippen molar-refractivity contribution in [2.45, 2.75) is 44.9 Å². The molecule has 182 valence electrons. The summed E-state index contributed by atoms with van der Waals surface area (Å²) in [5.41, 5.74) is 4.66. The summed E-state index contributed by atoms with van der Waals surface area (Å²) in [6.07, 6.45) is 4.12. The van der Waals surface area contributed by atoms with E-state index < -0.39 is 0 Å². The van der Waals surface area contributed by atoms with Crippen molar-refractivity contribution < 1.29 is 9.53 Å². The van der Waals surface area contributed by atoms with Crippen LogP contribution in [0.2, 0.25) is 0 Å². The van der Waals surface area contributed by atoms with Gasteiger partial charge in [-0.25, -0.2) is 9.97 Å². The van der Waals surface area contributed by atoms with Gasteiger partial charge in [0.1, 0.15) is 0 Å². The third-order valence-electron chi connectivity index (χ3n) is 6.39. The van der Waals surface area contributed by atoms with E-state index in [0.29, 0.717) is 5.95 Å². The van der Waals surface area contributed by atoms with Crippen molar-refractivity contribution in [2.75, 3.05) is 35.2 Å². The second kappa shape index (κ2) is 10.4. The Morgan fingerprint density at radius 2 is 1.71 bits per heavy atom. The van der Waals surface area contributed by atoms with E-state index in [1.165, 1.54) is 5.69 Å². The summed E-state index contributed by atoms with van der Waals surface area (Å²) in [4.78, 5) is 23.7. The maximum absolute atomic E-state index is 12.3. The number of aromatic nitrogens is 2. The van der Waals surface area contributed by atoms with E-state index in [-0.39, 0.29) is 24.2 Å². The molecule has 2 unspecified atom stereocenters. The first-order valence-electron chi connectivity index (χ1n) is 12.3. The molecule has 3 heterocycles. The second-order valence-electron chi connectivity index (χ2n) is 9.32. The van der Waals surface area contributed by atoms with Crippen molar-refractivity contribution in [3.8, 4) is 11.3 Å². The van der Waals surface area contributed by atoms with Crippen molar-refractivity contribution in [2.24, 2.45) is 0 Å². The molecule has 2 aromatic carbocycles. The zero-order valence-electron chi connectivity index (χ0n) is 20.2. The monoisotopic (exact) mass is 472 g/mol. The predicted molar refractivity (Wildman–Crippen MR) is 139 cm³/mol. The van der Waals surface area contributed by atoms with E-state index in [4.69, 9.17) is 4.74 Å². The number of carbonyl (C=O) groups is 1. The summed E-state index contributed by atoms with van der Waals surface area (Å²) in [6.45, 7) is 6.91. The third kappa shape index (κ3) is 5.78. The molecule has 5 rings (SSSR count). The Labute approximate surface area is 206 Å². The van der Waals surface area contributed by atoms with Crippen LogP contribution in [0.4, 0.5) is 23.0 Å². The van der Waals surface area contributed by atoms with Crippen molar-refractivity contribution in [1.29, 1.82) is 0 Å². The van der Waals surface area contributed by atoms with Crippen molar-refractivity contribution in [3.63, 3.8) is 0 Å². The van der Waals surface area contributed by atoms with Gasteiger partial charge in [-0.15, -0.1) is 0 Å². The molecule has 0 bridgehead atoms. The lowest BCUT2D eigenvalue weighted by Crippen LogP contribution is -2.45. The number of carbonyl (C=O) groups excluding carboxylic acids is 1. The zero-order chi connectivity index (χ0) is 24.2. The van der Waals surface area contributed by atoms with Gasteiger partial charge in [-0.1, -0.05) is 12.1 Å². The molecule has 2 saturated heterocycles. The molecule has 0 saturated carbocycles. The SMILES string of the molecule is CC1CN(c2ccc(Nc3nccc(-c4ccc(NC(=O)[C@@H]5CCCN5)cc4)n3)cc2)CC(C)O1. The molecule has 8 heteroatoms. The lowest BCUT2D eigenvalue weighted by Gasteiger charge is -2.36. The average molecular weight is 473 g/mol. The fourth-order valence-electron chi connectivity index (χ4n) is 4.72. The quantitative estimate of drug-likeness (QED) is 0.495. The lowest BCUT2D eigenvalue weighted by atomic mass is 10.1. The Balaban J connectivity index is 1.22. The van der Waals surface area contributed by atoms with Gasteiger partial charge in [0.2, 0.25) is 11.9 Å². The van der Waals surface area contributed by atoms with Crippen molar-refractivity contribution in [3.05, 3.63) is 60.8 Å². The van der Waals surface area contributed by atoms with Crippen LogP contribution in [0, 0.1) is 0 Å². The number of hydrogen-bond donors (Lipinski definition) is 3. The fourth-order valence-corrected chi connectivity index (χ4v) is 4.72. The fraction of sp³-hybridized carbons (Fsp3) is 0.370. The van der Waals surface area contributed by atoms with Crippen LogP contribution in [0.5, 0.6) is 0 Å². The van der Waals surface area contributed by atoms with Crippen LogP contribution in [0.1, 0.15) is 26.7 Å². The van der Waals surface area contributed by atoms with E-state index in [0.717, 1.165) is 55.1 Å². The minimum Gasteiger partial charge on any atom is -0.372 e. The Bertz CT molecular complexity index is 1140. The van der Waals surface area contributed by atoms with Crippen LogP contribution in [0.25, 0.3) is 11.3 Å². The molecule has 0 radical (unpaired) electrons. The minimum atomic E-state index is -0.0970. The van der Waals surface area contributed by atoms with Gasteiger partial charge in [-0.05, 0) is 75.7 Å². The molecular formula is C27H32N6O2. The second-order valence-corrected chi connectivity index (χ2v) is 9.32. The highest BCUT2D eigenvalue weighted by atomic mass is 16.5. The molecule has 3 N–H and O–H groups in total. The average Bonchev–Trinajstić information content (AvgIpc) is 3.40. The molecule has 35 heavy (non-hydrogen) atoms. The highest BCUT2D eigenvalue weighted by molar-refractivity contribution is 5.95. The van der Waals surface area contributed by atoms with E-state index in [1.807, 2.05) is 42.5 Å². The maximum Gasteiger partial charge on any atom is 0.241 e. The Kier molecular flexibility index (Phi) is 6.92. The summed E-state index contributed by atoms with van der Waals surface area (Å²) in [5.74, 6) is 0.556. The Morgan fingerprint density at radius 3 is 2.40 bits per heavy atom. The van der Waals surface area contributed by atoms with Gasteiger partial charge in [0.05, 0.1) is 23.9 Å². The van der Waals surface area contributed by atoms with E-state index in [9.17, 15) is 4.79 Å². The number of ether oxygens (including phenoxy) is 1. The topological polar surface area (TPSA) is 91.4 Å². The number of nitrogens with zero attached hydrogens (tertiary/aromatic N) is 3. The first-order valence-corrected chi connectivity index (χ1v) is 12.3. The predicted octanol–water partition coefficient (Wildman–Crippen LogP) is 4.19. The molecule has 0 spiro atoms. The number of nitrogens with one attached hydrogen (secondary N) is 3. The van der Waals surface area contributed by atoms with Crippen LogP contribution < -0.4 is 20.9 Å². The molecule has 3 atom stereocenters. The zero-order valence-corrected chi connectivity index (χ0v) is 20.2. The lowest BCUT2D eigenvalue weighted by molar-refractivity contribution is -0.117. The third-order valence-corrected chi connectivity index (χ3v) is 6.39.